The van der Waals surface area contributed by atoms with Gasteiger partial charge in [0.2, 0.25) is 5.89 Å². The fourth-order valence-corrected chi connectivity index (χ4v) is 2.15. The molecule has 2 aromatic rings. The summed E-state index contributed by atoms with van der Waals surface area (Å²) in [5, 5.41) is 3.93. The van der Waals surface area contributed by atoms with Crippen molar-refractivity contribution >= 4 is 0 Å². The summed E-state index contributed by atoms with van der Waals surface area (Å²) in [7, 11) is 3.26. The fourth-order valence-electron chi connectivity index (χ4n) is 2.15. The lowest BCUT2D eigenvalue weighted by Crippen LogP contribution is -2.23. The molecule has 0 saturated carbocycles. The van der Waals surface area contributed by atoms with E-state index < -0.39 is 0 Å². The van der Waals surface area contributed by atoms with E-state index in [1.54, 1.807) is 14.2 Å². The van der Waals surface area contributed by atoms with Crippen molar-refractivity contribution in [2.24, 2.45) is 5.73 Å². The lowest BCUT2D eigenvalue weighted by molar-refractivity contribution is 0.258. The molecule has 0 bridgehead atoms. The van der Waals surface area contributed by atoms with Crippen LogP contribution in [0.1, 0.15) is 24.2 Å². The Morgan fingerprint density at radius 3 is 2.55 bits per heavy atom. The van der Waals surface area contributed by atoms with E-state index in [0.29, 0.717) is 18.3 Å². The van der Waals surface area contributed by atoms with Gasteiger partial charge in [0.05, 0.1) is 27.3 Å². The number of hydrogen-bond donors (Lipinski definition) is 1. The third-order valence-electron chi connectivity index (χ3n) is 3.35. The average molecular weight is 306 g/mol. The second-order valence-corrected chi connectivity index (χ2v) is 4.80. The van der Waals surface area contributed by atoms with Gasteiger partial charge in [0, 0.05) is 6.54 Å². The van der Waals surface area contributed by atoms with Crippen LogP contribution in [0.3, 0.4) is 0 Å². The van der Waals surface area contributed by atoms with E-state index in [-0.39, 0.29) is 6.54 Å². The largest absolute Gasteiger partial charge is 0.493 e. The molecule has 2 N–H and O–H groups in total. The summed E-state index contributed by atoms with van der Waals surface area (Å²) in [6, 6.07) is 5.90. The van der Waals surface area contributed by atoms with Gasteiger partial charge >= 0.3 is 0 Å². The summed E-state index contributed by atoms with van der Waals surface area (Å²) in [4.78, 5) is 6.43. The lowest BCUT2D eigenvalue weighted by atomic mass is 10.2. The molecule has 0 fully saturated rings. The Bertz CT molecular complexity index is 600. The molecule has 1 aromatic heterocycles. The third-order valence-corrected chi connectivity index (χ3v) is 3.35. The number of aromatic nitrogens is 2. The molecule has 1 aromatic carbocycles. The zero-order valence-electron chi connectivity index (χ0n) is 13.2. The molecule has 0 spiro atoms. The molecule has 7 nitrogen and oxygen atoms in total. The molecule has 2 rings (SSSR count). The van der Waals surface area contributed by atoms with Gasteiger partial charge in [-0.25, -0.2) is 0 Å². The zero-order chi connectivity index (χ0) is 15.9. The van der Waals surface area contributed by atoms with Gasteiger partial charge in [-0.2, -0.15) is 4.98 Å². The molecule has 7 heteroatoms. The van der Waals surface area contributed by atoms with Gasteiger partial charge in [-0.3, -0.25) is 4.90 Å². The number of nitrogens with zero attached hydrogens (tertiary/aromatic N) is 3. The highest BCUT2D eigenvalue weighted by Gasteiger charge is 2.12. The first-order valence-corrected chi connectivity index (χ1v) is 7.14. The van der Waals surface area contributed by atoms with Crippen molar-refractivity contribution in [3.63, 3.8) is 0 Å². The fraction of sp³-hybridized carbons (Fsp3) is 0.467. The van der Waals surface area contributed by atoms with Gasteiger partial charge in [-0.15, -0.1) is 0 Å². The van der Waals surface area contributed by atoms with Crippen molar-refractivity contribution in [2.75, 3.05) is 20.8 Å². The number of benzene rings is 1. The second-order valence-electron chi connectivity index (χ2n) is 4.80. The molecular formula is C15H22N4O3. The maximum absolute atomic E-state index is 5.47. The van der Waals surface area contributed by atoms with Crippen LogP contribution in [0.25, 0.3) is 0 Å². The molecule has 0 atom stereocenters. The first-order valence-electron chi connectivity index (χ1n) is 7.14. The Morgan fingerprint density at radius 2 is 1.95 bits per heavy atom. The van der Waals surface area contributed by atoms with Crippen molar-refractivity contribution in [1.29, 1.82) is 0 Å². The number of methoxy groups -OCH3 is 2. The maximum Gasteiger partial charge on any atom is 0.240 e. The minimum atomic E-state index is 0.259. The van der Waals surface area contributed by atoms with Gasteiger partial charge in [0.1, 0.15) is 0 Å². The summed E-state index contributed by atoms with van der Waals surface area (Å²) >= 11 is 0. The highest BCUT2D eigenvalue weighted by molar-refractivity contribution is 5.42. The van der Waals surface area contributed by atoms with Gasteiger partial charge in [-0.05, 0) is 24.2 Å². The normalized spacial score (nSPS) is 11.0. The zero-order valence-corrected chi connectivity index (χ0v) is 13.2. The standard InChI is InChI=1S/C15H22N4O3/c1-4-19(10-14-17-15(8-16)22-18-14)9-11-5-6-12(20-2)13(7-11)21-3/h5-7H,4,8-10,16H2,1-3H3. The summed E-state index contributed by atoms with van der Waals surface area (Å²) in [6.07, 6.45) is 0. The van der Waals surface area contributed by atoms with Crippen LogP contribution in [0.5, 0.6) is 11.5 Å². The van der Waals surface area contributed by atoms with Crippen LogP contribution in [0, 0.1) is 0 Å². The van der Waals surface area contributed by atoms with Crippen LogP contribution in [0.4, 0.5) is 0 Å². The minimum Gasteiger partial charge on any atom is -0.493 e. The first kappa shape index (κ1) is 16.3. The molecular weight excluding hydrogens is 284 g/mol. The quantitative estimate of drug-likeness (QED) is 0.792. The van der Waals surface area contributed by atoms with Crippen molar-refractivity contribution in [3.8, 4) is 11.5 Å². The highest BCUT2D eigenvalue weighted by Crippen LogP contribution is 2.28. The Labute approximate surface area is 130 Å². The predicted molar refractivity (Wildman–Crippen MR) is 81.5 cm³/mol. The van der Waals surface area contributed by atoms with Crippen LogP contribution in [-0.2, 0) is 19.6 Å². The van der Waals surface area contributed by atoms with E-state index in [0.717, 1.165) is 30.2 Å². The van der Waals surface area contributed by atoms with Gasteiger partial charge in [0.25, 0.3) is 0 Å². The molecule has 1 heterocycles. The summed E-state index contributed by atoms with van der Waals surface area (Å²) in [5.41, 5.74) is 6.60. The number of hydrogen-bond acceptors (Lipinski definition) is 7. The van der Waals surface area contributed by atoms with E-state index in [2.05, 4.69) is 22.0 Å². The maximum atomic E-state index is 5.47. The average Bonchev–Trinajstić information content (AvgIpc) is 3.01. The van der Waals surface area contributed by atoms with Crippen LogP contribution >= 0.6 is 0 Å². The van der Waals surface area contributed by atoms with Crippen molar-refractivity contribution in [2.45, 2.75) is 26.6 Å². The molecule has 0 unspecified atom stereocenters. The molecule has 22 heavy (non-hydrogen) atoms. The monoisotopic (exact) mass is 306 g/mol. The van der Waals surface area contributed by atoms with Crippen LogP contribution in [-0.4, -0.2) is 35.8 Å². The molecule has 0 aliphatic carbocycles. The number of ether oxygens (including phenoxy) is 2. The Balaban J connectivity index is 2.06. The lowest BCUT2D eigenvalue weighted by Gasteiger charge is -2.19. The predicted octanol–water partition coefficient (Wildman–Crippen LogP) is 1.57. The number of nitrogens with two attached hydrogens (primary N) is 1. The Hall–Kier alpha value is -2.12. The first-order chi connectivity index (χ1) is 10.7. The smallest absolute Gasteiger partial charge is 0.240 e. The Morgan fingerprint density at radius 1 is 1.18 bits per heavy atom. The van der Waals surface area contributed by atoms with Crippen LogP contribution < -0.4 is 15.2 Å². The molecule has 120 valence electrons. The van der Waals surface area contributed by atoms with E-state index in [4.69, 9.17) is 19.7 Å². The molecule has 0 aliphatic heterocycles. The SMILES string of the molecule is CCN(Cc1ccc(OC)c(OC)c1)Cc1noc(CN)n1. The minimum absolute atomic E-state index is 0.259. The van der Waals surface area contributed by atoms with Gasteiger partial charge in [-0.1, -0.05) is 18.1 Å². The summed E-state index contributed by atoms with van der Waals surface area (Å²) < 4.78 is 15.6. The molecule has 0 amide bonds. The third kappa shape index (κ3) is 3.96. The molecule has 0 radical (unpaired) electrons. The van der Waals surface area contributed by atoms with Gasteiger partial charge < -0.3 is 19.7 Å². The van der Waals surface area contributed by atoms with Crippen molar-refractivity contribution in [1.82, 2.24) is 15.0 Å². The summed E-state index contributed by atoms with van der Waals surface area (Å²) in [6.45, 7) is 4.57. The summed E-state index contributed by atoms with van der Waals surface area (Å²) in [5.74, 6) is 2.54. The molecule has 0 aliphatic rings. The topological polar surface area (TPSA) is 86.6 Å². The second kappa shape index (κ2) is 7.77. The van der Waals surface area contributed by atoms with Crippen LogP contribution in [0.15, 0.2) is 22.7 Å². The Kier molecular flexibility index (Phi) is 5.74. The van der Waals surface area contributed by atoms with Crippen LogP contribution in [0.2, 0.25) is 0 Å². The van der Waals surface area contributed by atoms with Gasteiger partial charge in [0.15, 0.2) is 17.3 Å². The molecule has 0 saturated heterocycles. The van der Waals surface area contributed by atoms with E-state index in [1.165, 1.54) is 0 Å². The van der Waals surface area contributed by atoms with E-state index >= 15 is 0 Å². The van der Waals surface area contributed by atoms with Crippen molar-refractivity contribution < 1.29 is 14.0 Å². The number of rotatable bonds is 8. The van der Waals surface area contributed by atoms with E-state index in [1.807, 2.05) is 18.2 Å². The van der Waals surface area contributed by atoms with E-state index in [9.17, 15) is 0 Å². The van der Waals surface area contributed by atoms with Crippen molar-refractivity contribution in [3.05, 3.63) is 35.5 Å². The highest BCUT2D eigenvalue weighted by atomic mass is 16.5.